The normalized spacial score (nSPS) is 14.2. The Hall–Kier alpha value is -0.120. The average Bonchev–Trinajstić information content (AvgIpc) is 2.18. The summed E-state index contributed by atoms with van der Waals surface area (Å²) in [6.45, 7) is 11.1. The summed E-state index contributed by atoms with van der Waals surface area (Å²) in [5, 5.41) is 3.52. The monoisotopic (exact) mass is 217 g/mol. The van der Waals surface area contributed by atoms with Gasteiger partial charge in [-0.05, 0) is 40.2 Å². The van der Waals surface area contributed by atoms with Crippen LogP contribution in [-0.4, -0.2) is 38.5 Å². The van der Waals surface area contributed by atoms with Gasteiger partial charge in [0.2, 0.25) is 0 Å². The summed E-state index contributed by atoms with van der Waals surface area (Å²) < 4.78 is 10.5. The standard InChI is InChI=1S/C12H27NO2/c1-6-12(3,4)13-8-7-11(2)15-10-9-14-5/h11,13H,6-10H2,1-5H3. The summed E-state index contributed by atoms with van der Waals surface area (Å²) in [4.78, 5) is 0. The van der Waals surface area contributed by atoms with E-state index in [1.54, 1.807) is 7.11 Å². The fraction of sp³-hybridized carbons (Fsp3) is 1.00. The summed E-state index contributed by atoms with van der Waals surface area (Å²) >= 11 is 0. The Morgan fingerprint density at radius 1 is 1.27 bits per heavy atom. The first-order chi connectivity index (χ1) is 7.02. The minimum absolute atomic E-state index is 0.242. The average molecular weight is 217 g/mol. The molecule has 0 aliphatic carbocycles. The Labute approximate surface area is 94.5 Å². The molecule has 3 heteroatoms. The SMILES string of the molecule is CCC(C)(C)NCCC(C)OCCOC. The van der Waals surface area contributed by atoms with Crippen molar-refractivity contribution in [2.24, 2.45) is 0 Å². The van der Waals surface area contributed by atoms with Gasteiger partial charge in [-0.2, -0.15) is 0 Å². The molecule has 0 heterocycles. The summed E-state index contributed by atoms with van der Waals surface area (Å²) in [5.41, 5.74) is 0.242. The van der Waals surface area contributed by atoms with Crippen molar-refractivity contribution in [1.82, 2.24) is 5.32 Å². The van der Waals surface area contributed by atoms with Crippen LogP contribution in [0.3, 0.4) is 0 Å². The molecule has 15 heavy (non-hydrogen) atoms. The molecule has 0 aromatic rings. The number of hydrogen-bond acceptors (Lipinski definition) is 3. The van der Waals surface area contributed by atoms with Crippen molar-refractivity contribution in [2.75, 3.05) is 26.9 Å². The van der Waals surface area contributed by atoms with E-state index in [9.17, 15) is 0 Å². The lowest BCUT2D eigenvalue weighted by molar-refractivity contribution is 0.0220. The summed E-state index contributed by atoms with van der Waals surface area (Å²) in [5.74, 6) is 0. The third-order valence-electron chi connectivity index (χ3n) is 2.73. The van der Waals surface area contributed by atoms with Crippen LogP contribution in [0.1, 0.15) is 40.5 Å². The molecule has 0 bridgehead atoms. The van der Waals surface area contributed by atoms with Gasteiger partial charge in [0.1, 0.15) is 0 Å². The van der Waals surface area contributed by atoms with Gasteiger partial charge in [0.15, 0.2) is 0 Å². The van der Waals surface area contributed by atoms with Crippen LogP contribution in [0.25, 0.3) is 0 Å². The lowest BCUT2D eigenvalue weighted by Crippen LogP contribution is -2.40. The Balaban J connectivity index is 3.42. The highest BCUT2D eigenvalue weighted by Gasteiger charge is 2.13. The molecule has 0 radical (unpaired) electrons. The van der Waals surface area contributed by atoms with Crippen molar-refractivity contribution in [3.05, 3.63) is 0 Å². The zero-order chi connectivity index (χ0) is 11.7. The van der Waals surface area contributed by atoms with Gasteiger partial charge < -0.3 is 14.8 Å². The van der Waals surface area contributed by atoms with E-state index in [0.29, 0.717) is 19.3 Å². The molecule has 0 saturated carbocycles. The second-order valence-corrected chi connectivity index (χ2v) is 4.63. The van der Waals surface area contributed by atoms with Crippen LogP contribution in [0, 0.1) is 0 Å². The van der Waals surface area contributed by atoms with Crippen LogP contribution >= 0.6 is 0 Å². The van der Waals surface area contributed by atoms with E-state index in [1.165, 1.54) is 0 Å². The Bertz CT molecular complexity index is 149. The van der Waals surface area contributed by atoms with Crippen LogP contribution < -0.4 is 5.32 Å². The molecule has 0 fully saturated rings. The Kier molecular flexibility index (Phi) is 8.02. The van der Waals surface area contributed by atoms with Gasteiger partial charge in [-0.25, -0.2) is 0 Å². The largest absolute Gasteiger partial charge is 0.382 e. The third-order valence-corrected chi connectivity index (χ3v) is 2.73. The second-order valence-electron chi connectivity index (χ2n) is 4.63. The van der Waals surface area contributed by atoms with E-state index in [2.05, 4.69) is 33.0 Å². The minimum Gasteiger partial charge on any atom is -0.382 e. The molecule has 0 saturated heterocycles. The maximum atomic E-state index is 5.57. The van der Waals surface area contributed by atoms with Crippen molar-refractivity contribution < 1.29 is 9.47 Å². The number of hydrogen-bond donors (Lipinski definition) is 1. The first kappa shape index (κ1) is 14.9. The highest BCUT2D eigenvalue weighted by molar-refractivity contribution is 4.75. The highest BCUT2D eigenvalue weighted by Crippen LogP contribution is 2.07. The van der Waals surface area contributed by atoms with Gasteiger partial charge in [-0.1, -0.05) is 6.92 Å². The molecule has 0 amide bonds. The molecule has 0 rings (SSSR count). The van der Waals surface area contributed by atoms with E-state index in [1.807, 2.05) is 0 Å². The van der Waals surface area contributed by atoms with Crippen LogP contribution in [0.15, 0.2) is 0 Å². The van der Waals surface area contributed by atoms with E-state index in [4.69, 9.17) is 9.47 Å². The molecule has 0 aliphatic heterocycles. The van der Waals surface area contributed by atoms with E-state index in [0.717, 1.165) is 19.4 Å². The predicted molar refractivity (Wildman–Crippen MR) is 64.3 cm³/mol. The van der Waals surface area contributed by atoms with Gasteiger partial charge in [0.05, 0.1) is 19.3 Å². The maximum absolute atomic E-state index is 5.57. The third kappa shape index (κ3) is 8.85. The molecule has 1 atom stereocenters. The van der Waals surface area contributed by atoms with Crippen LogP contribution in [0.5, 0.6) is 0 Å². The summed E-state index contributed by atoms with van der Waals surface area (Å²) in [6, 6.07) is 0. The minimum atomic E-state index is 0.242. The smallest absolute Gasteiger partial charge is 0.0703 e. The van der Waals surface area contributed by atoms with E-state index in [-0.39, 0.29) is 5.54 Å². The molecule has 1 unspecified atom stereocenters. The molecular formula is C12H27NO2. The van der Waals surface area contributed by atoms with Gasteiger partial charge in [0, 0.05) is 12.6 Å². The molecule has 0 spiro atoms. The molecule has 92 valence electrons. The molecule has 1 N–H and O–H groups in total. The molecule has 0 aromatic carbocycles. The molecule has 0 aliphatic rings. The molecular weight excluding hydrogens is 190 g/mol. The van der Waals surface area contributed by atoms with Crippen molar-refractivity contribution in [3.8, 4) is 0 Å². The summed E-state index contributed by atoms with van der Waals surface area (Å²) in [6.07, 6.45) is 2.50. The number of ether oxygens (including phenoxy) is 2. The number of methoxy groups -OCH3 is 1. The Morgan fingerprint density at radius 3 is 2.47 bits per heavy atom. The highest BCUT2D eigenvalue weighted by atomic mass is 16.5. The quantitative estimate of drug-likeness (QED) is 0.601. The van der Waals surface area contributed by atoms with Gasteiger partial charge in [0.25, 0.3) is 0 Å². The number of nitrogens with one attached hydrogen (secondary N) is 1. The van der Waals surface area contributed by atoms with Crippen LogP contribution in [0.4, 0.5) is 0 Å². The maximum Gasteiger partial charge on any atom is 0.0703 e. The van der Waals surface area contributed by atoms with E-state index >= 15 is 0 Å². The zero-order valence-electron chi connectivity index (χ0n) is 10.9. The topological polar surface area (TPSA) is 30.5 Å². The van der Waals surface area contributed by atoms with Crippen LogP contribution in [0.2, 0.25) is 0 Å². The van der Waals surface area contributed by atoms with E-state index < -0.39 is 0 Å². The van der Waals surface area contributed by atoms with Crippen molar-refractivity contribution in [2.45, 2.75) is 52.2 Å². The van der Waals surface area contributed by atoms with Crippen molar-refractivity contribution >= 4 is 0 Å². The summed E-state index contributed by atoms with van der Waals surface area (Å²) in [7, 11) is 1.69. The molecule has 0 aromatic heterocycles. The number of rotatable bonds is 9. The zero-order valence-corrected chi connectivity index (χ0v) is 10.9. The van der Waals surface area contributed by atoms with Crippen LogP contribution in [-0.2, 0) is 9.47 Å². The van der Waals surface area contributed by atoms with Crippen molar-refractivity contribution in [1.29, 1.82) is 0 Å². The molecule has 3 nitrogen and oxygen atoms in total. The van der Waals surface area contributed by atoms with Crippen molar-refractivity contribution in [3.63, 3.8) is 0 Å². The lowest BCUT2D eigenvalue weighted by atomic mass is 10.0. The van der Waals surface area contributed by atoms with Gasteiger partial charge in [-0.3, -0.25) is 0 Å². The fourth-order valence-electron chi connectivity index (χ4n) is 1.15. The van der Waals surface area contributed by atoms with Gasteiger partial charge >= 0.3 is 0 Å². The first-order valence-electron chi connectivity index (χ1n) is 5.87. The first-order valence-corrected chi connectivity index (χ1v) is 5.87. The predicted octanol–water partition coefficient (Wildman–Crippen LogP) is 2.21. The Morgan fingerprint density at radius 2 is 1.93 bits per heavy atom. The van der Waals surface area contributed by atoms with Gasteiger partial charge in [-0.15, -0.1) is 0 Å². The fourth-order valence-corrected chi connectivity index (χ4v) is 1.15. The lowest BCUT2D eigenvalue weighted by Gasteiger charge is -2.25. The second kappa shape index (κ2) is 8.08.